The van der Waals surface area contributed by atoms with Gasteiger partial charge in [-0.25, -0.2) is 14.2 Å². The molecule has 1 N–H and O–H groups in total. The lowest BCUT2D eigenvalue weighted by Crippen LogP contribution is -2.11. The molecular weight excluding hydrogens is 201 g/mol. The molecule has 1 heterocycles. The molecule has 4 nitrogen and oxygen atoms in total. The first-order valence-corrected chi connectivity index (χ1v) is 3.63. The minimum atomic E-state index is -1.20. The molecule has 0 unspecified atom stereocenters. The van der Waals surface area contributed by atoms with Gasteiger partial charge in [0.1, 0.15) is 0 Å². The van der Waals surface area contributed by atoms with Crippen LogP contribution in [0.15, 0.2) is 12.3 Å². The van der Waals surface area contributed by atoms with Crippen LogP contribution in [0.1, 0.15) is 0 Å². The van der Waals surface area contributed by atoms with Crippen molar-refractivity contribution >= 4 is 17.6 Å². The summed E-state index contributed by atoms with van der Waals surface area (Å²) in [6, 6.07) is 0.992. The van der Waals surface area contributed by atoms with E-state index in [1.54, 1.807) is 0 Å². The Morgan fingerprint density at radius 1 is 1.77 bits per heavy atom. The lowest BCUT2D eigenvalue weighted by Gasteiger charge is -2.02. The number of ether oxygens (including phenoxy) is 1. The van der Waals surface area contributed by atoms with E-state index in [0.717, 1.165) is 6.07 Å². The van der Waals surface area contributed by atoms with E-state index in [9.17, 15) is 9.18 Å². The number of rotatable bonds is 3. The van der Waals surface area contributed by atoms with Gasteiger partial charge in [0.25, 0.3) is 5.88 Å². The fourth-order valence-corrected chi connectivity index (χ4v) is 0.783. The quantitative estimate of drug-likeness (QED) is 0.809. The first-order chi connectivity index (χ1) is 6.09. The van der Waals surface area contributed by atoms with Crippen molar-refractivity contribution in [2.24, 2.45) is 0 Å². The van der Waals surface area contributed by atoms with Crippen LogP contribution < -0.4 is 4.74 Å². The zero-order valence-electron chi connectivity index (χ0n) is 6.33. The number of hydrogen-bond donors (Lipinski definition) is 1. The lowest BCUT2D eigenvalue weighted by molar-refractivity contribution is -0.139. The third-order valence-corrected chi connectivity index (χ3v) is 1.31. The first-order valence-electron chi connectivity index (χ1n) is 3.25. The standard InChI is InChI=1S/C7H5ClFNO3/c8-4-1-5(9)7(10-2-4)13-3-6(11)12/h1-2H,3H2,(H,11,12). The number of nitrogens with zero attached hydrogens (tertiary/aromatic N) is 1. The van der Waals surface area contributed by atoms with Crippen molar-refractivity contribution in [3.63, 3.8) is 0 Å². The van der Waals surface area contributed by atoms with Crippen LogP contribution in [0, 0.1) is 5.82 Å². The van der Waals surface area contributed by atoms with Crippen LogP contribution >= 0.6 is 11.6 Å². The molecule has 13 heavy (non-hydrogen) atoms. The Labute approximate surface area is 77.9 Å². The second-order valence-corrected chi connectivity index (χ2v) is 2.56. The maximum absolute atomic E-state index is 12.8. The highest BCUT2D eigenvalue weighted by molar-refractivity contribution is 6.30. The average Bonchev–Trinajstić information content (AvgIpc) is 2.02. The Hall–Kier alpha value is -1.36. The molecule has 0 aliphatic carbocycles. The van der Waals surface area contributed by atoms with Gasteiger partial charge >= 0.3 is 5.97 Å². The molecule has 0 aromatic carbocycles. The summed E-state index contributed by atoms with van der Waals surface area (Å²) in [4.78, 5) is 13.5. The van der Waals surface area contributed by atoms with Crippen LogP contribution in [0.25, 0.3) is 0 Å². The van der Waals surface area contributed by atoms with E-state index in [-0.39, 0.29) is 10.9 Å². The summed E-state index contributed by atoms with van der Waals surface area (Å²) >= 11 is 5.41. The van der Waals surface area contributed by atoms with Crippen molar-refractivity contribution in [1.82, 2.24) is 4.98 Å². The van der Waals surface area contributed by atoms with Crippen molar-refractivity contribution < 1.29 is 19.0 Å². The molecule has 0 radical (unpaired) electrons. The summed E-state index contributed by atoms with van der Waals surface area (Å²) < 4.78 is 17.3. The number of carbonyl (C=O) groups is 1. The SMILES string of the molecule is O=C(O)COc1ncc(Cl)cc1F. The zero-order chi connectivity index (χ0) is 9.84. The van der Waals surface area contributed by atoms with Gasteiger partial charge in [-0.2, -0.15) is 0 Å². The Morgan fingerprint density at radius 3 is 3.00 bits per heavy atom. The topological polar surface area (TPSA) is 59.4 Å². The predicted molar refractivity (Wildman–Crippen MR) is 42.3 cm³/mol. The fraction of sp³-hybridized carbons (Fsp3) is 0.143. The predicted octanol–water partition coefficient (Wildman–Crippen LogP) is 1.34. The van der Waals surface area contributed by atoms with E-state index in [4.69, 9.17) is 16.7 Å². The third kappa shape index (κ3) is 2.87. The second kappa shape index (κ2) is 4.04. The van der Waals surface area contributed by atoms with Gasteiger partial charge in [-0.1, -0.05) is 11.6 Å². The molecule has 6 heteroatoms. The molecule has 0 aliphatic heterocycles. The number of aromatic nitrogens is 1. The maximum atomic E-state index is 12.8. The van der Waals surface area contributed by atoms with Gasteiger partial charge in [-0.3, -0.25) is 0 Å². The second-order valence-electron chi connectivity index (χ2n) is 2.12. The van der Waals surface area contributed by atoms with Crippen LogP contribution in [0.4, 0.5) is 4.39 Å². The van der Waals surface area contributed by atoms with Gasteiger partial charge in [-0.05, 0) is 6.07 Å². The molecule has 70 valence electrons. The lowest BCUT2D eigenvalue weighted by atomic mass is 10.4. The smallest absolute Gasteiger partial charge is 0.341 e. The van der Waals surface area contributed by atoms with E-state index >= 15 is 0 Å². The minimum Gasteiger partial charge on any atom is -0.479 e. The van der Waals surface area contributed by atoms with Gasteiger partial charge in [-0.15, -0.1) is 0 Å². The molecule has 0 bridgehead atoms. The van der Waals surface area contributed by atoms with Gasteiger partial charge in [0.15, 0.2) is 12.4 Å². The van der Waals surface area contributed by atoms with Crippen molar-refractivity contribution in [2.45, 2.75) is 0 Å². The van der Waals surface area contributed by atoms with Crippen molar-refractivity contribution in [1.29, 1.82) is 0 Å². The van der Waals surface area contributed by atoms with Crippen LogP contribution in [0.2, 0.25) is 5.02 Å². The van der Waals surface area contributed by atoms with Crippen LogP contribution in [0.5, 0.6) is 5.88 Å². The summed E-state index contributed by atoms with van der Waals surface area (Å²) in [6.45, 7) is -0.633. The van der Waals surface area contributed by atoms with E-state index in [2.05, 4.69) is 9.72 Å². The molecular formula is C7H5ClFNO3. The van der Waals surface area contributed by atoms with Crippen molar-refractivity contribution in [2.75, 3.05) is 6.61 Å². The molecule has 1 aromatic heterocycles. The highest BCUT2D eigenvalue weighted by Crippen LogP contribution is 2.17. The first kappa shape index (κ1) is 9.73. The van der Waals surface area contributed by atoms with E-state index in [1.807, 2.05) is 0 Å². The highest BCUT2D eigenvalue weighted by atomic mass is 35.5. The highest BCUT2D eigenvalue weighted by Gasteiger charge is 2.07. The monoisotopic (exact) mass is 205 g/mol. The Morgan fingerprint density at radius 2 is 2.46 bits per heavy atom. The molecule has 1 rings (SSSR count). The Bertz CT molecular complexity index is 332. The number of hydrogen-bond acceptors (Lipinski definition) is 3. The molecule has 0 saturated carbocycles. The summed E-state index contributed by atoms with van der Waals surface area (Å²) in [7, 11) is 0. The molecule has 0 saturated heterocycles. The van der Waals surface area contributed by atoms with Crippen LogP contribution in [0.3, 0.4) is 0 Å². The third-order valence-electron chi connectivity index (χ3n) is 1.11. The molecule has 0 atom stereocenters. The molecule has 0 aliphatic rings. The van der Waals surface area contributed by atoms with E-state index in [0.29, 0.717) is 0 Å². The van der Waals surface area contributed by atoms with Crippen LogP contribution in [-0.2, 0) is 4.79 Å². The van der Waals surface area contributed by atoms with Gasteiger partial charge < -0.3 is 9.84 Å². The number of carboxylic acids is 1. The summed E-state index contributed by atoms with van der Waals surface area (Å²) in [5, 5.41) is 8.34. The van der Waals surface area contributed by atoms with E-state index < -0.39 is 18.4 Å². The summed E-state index contributed by atoms with van der Waals surface area (Å²) in [5.74, 6) is -2.35. The minimum absolute atomic E-state index is 0.125. The fourth-order valence-electron chi connectivity index (χ4n) is 0.638. The summed E-state index contributed by atoms with van der Waals surface area (Å²) in [5.41, 5.74) is 0. The Balaban J connectivity index is 2.72. The summed E-state index contributed by atoms with van der Waals surface area (Å²) in [6.07, 6.45) is 1.17. The molecule has 0 fully saturated rings. The number of halogens is 2. The molecule has 0 amide bonds. The van der Waals surface area contributed by atoms with Crippen LogP contribution in [-0.4, -0.2) is 22.7 Å². The van der Waals surface area contributed by atoms with E-state index in [1.165, 1.54) is 6.20 Å². The van der Waals surface area contributed by atoms with Crippen molar-refractivity contribution in [3.05, 3.63) is 23.1 Å². The maximum Gasteiger partial charge on any atom is 0.341 e. The molecule has 1 aromatic rings. The van der Waals surface area contributed by atoms with Gasteiger partial charge in [0.2, 0.25) is 0 Å². The van der Waals surface area contributed by atoms with Crippen molar-refractivity contribution in [3.8, 4) is 5.88 Å². The normalized spacial score (nSPS) is 9.69. The molecule has 0 spiro atoms. The number of carboxylic acid groups (broad SMARTS) is 1. The average molecular weight is 206 g/mol. The van der Waals surface area contributed by atoms with Gasteiger partial charge in [0, 0.05) is 6.20 Å². The Kier molecular flexibility index (Phi) is 3.02. The number of aliphatic carboxylic acids is 1. The number of pyridine rings is 1. The van der Waals surface area contributed by atoms with Gasteiger partial charge in [0.05, 0.1) is 5.02 Å². The largest absolute Gasteiger partial charge is 0.479 e. The zero-order valence-corrected chi connectivity index (χ0v) is 7.08.